The second kappa shape index (κ2) is 3.90. The molecule has 1 aromatic heterocycles. The van der Waals surface area contributed by atoms with Crippen molar-refractivity contribution < 1.29 is 13.2 Å². The third kappa shape index (κ3) is 2.10. The average molecular weight is 228 g/mol. The predicted octanol–water partition coefficient (Wildman–Crippen LogP) is 2.60. The Bertz CT molecular complexity index is 535. The molecule has 1 heterocycles. The number of hydrogen-bond donors (Lipinski definition) is 1. The fourth-order valence-corrected chi connectivity index (χ4v) is 1.33. The van der Waals surface area contributed by atoms with Crippen LogP contribution in [0.1, 0.15) is 11.5 Å². The number of nitrogens with zero attached hydrogens (tertiary/aromatic N) is 1. The van der Waals surface area contributed by atoms with E-state index in [4.69, 9.17) is 4.42 Å². The van der Waals surface area contributed by atoms with E-state index in [1.807, 2.05) is 0 Å². The Morgan fingerprint density at radius 3 is 2.87 bits per heavy atom. The van der Waals surface area contributed by atoms with Crippen molar-refractivity contribution in [1.82, 2.24) is 10.2 Å². The molecular formula is C9H6F2N2OS. The van der Waals surface area contributed by atoms with Crippen LogP contribution in [0.2, 0.25) is 0 Å². The molecule has 15 heavy (non-hydrogen) atoms. The van der Waals surface area contributed by atoms with Crippen molar-refractivity contribution in [1.29, 1.82) is 0 Å². The van der Waals surface area contributed by atoms with Gasteiger partial charge in [-0.25, -0.2) is 13.9 Å². The highest BCUT2D eigenvalue weighted by molar-refractivity contribution is 7.71. The SMILES string of the molecule is Fc1cccc(Cc2n[nH]c(=S)o2)c1F. The summed E-state index contributed by atoms with van der Waals surface area (Å²) in [6.07, 6.45) is 0.0662. The van der Waals surface area contributed by atoms with Gasteiger partial charge >= 0.3 is 0 Å². The Hall–Kier alpha value is -1.56. The number of aromatic amines is 1. The van der Waals surface area contributed by atoms with Crippen LogP contribution in [0.15, 0.2) is 22.6 Å². The van der Waals surface area contributed by atoms with Gasteiger partial charge in [0.05, 0.1) is 6.42 Å². The summed E-state index contributed by atoms with van der Waals surface area (Å²) in [6.45, 7) is 0. The summed E-state index contributed by atoms with van der Waals surface area (Å²) in [6, 6.07) is 3.94. The first-order valence-electron chi connectivity index (χ1n) is 4.14. The third-order valence-corrected chi connectivity index (χ3v) is 2.03. The molecule has 2 rings (SSSR count). The van der Waals surface area contributed by atoms with E-state index in [0.29, 0.717) is 0 Å². The molecule has 0 fully saturated rings. The summed E-state index contributed by atoms with van der Waals surface area (Å²) in [4.78, 5) is 0.113. The van der Waals surface area contributed by atoms with Gasteiger partial charge in [0.1, 0.15) is 0 Å². The summed E-state index contributed by atoms with van der Waals surface area (Å²) in [5.74, 6) is -1.55. The van der Waals surface area contributed by atoms with Crippen LogP contribution in [0.25, 0.3) is 0 Å². The number of nitrogens with one attached hydrogen (secondary N) is 1. The van der Waals surface area contributed by atoms with Crippen molar-refractivity contribution in [3.05, 3.63) is 46.1 Å². The summed E-state index contributed by atoms with van der Waals surface area (Å²) in [5, 5.41) is 6.10. The molecule has 78 valence electrons. The molecule has 0 bridgehead atoms. The Labute approximate surface area is 88.7 Å². The first-order valence-corrected chi connectivity index (χ1v) is 4.55. The summed E-state index contributed by atoms with van der Waals surface area (Å²) < 4.78 is 31.0. The highest BCUT2D eigenvalue weighted by atomic mass is 32.1. The van der Waals surface area contributed by atoms with Gasteiger partial charge in [-0.05, 0) is 18.3 Å². The maximum absolute atomic E-state index is 13.2. The van der Waals surface area contributed by atoms with Crippen LogP contribution >= 0.6 is 12.2 Å². The van der Waals surface area contributed by atoms with Gasteiger partial charge in [-0.2, -0.15) is 0 Å². The van der Waals surface area contributed by atoms with E-state index in [-0.39, 0.29) is 22.7 Å². The topological polar surface area (TPSA) is 41.8 Å². The van der Waals surface area contributed by atoms with Crippen molar-refractivity contribution >= 4 is 12.2 Å². The first-order chi connectivity index (χ1) is 7.16. The van der Waals surface area contributed by atoms with Crippen molar-refractivity contribution in [3.8, 4) is 0 Å². The number of H-pyrrole nitrogens is 1. The normalized spacial score (nSPS) is 10.5. The fourth-order valence-electron chi connectivity index (χ4n) is 1.18. The number of hydrogen-bond acceptors (Lipinski definition) is 3. The molecule has 0 saturated carbocycles. The molecule has 0 saturated heterocycles. The van der Waals surface area contributed by atoms with Crippen molar-refractivity contribution in [2.45, 2.75) is 6.42 Å². The van der Waals surface area contributed by atoms with Gasteiger partial charge in [0, 0.05) is 5.56 Å². The van der Waals surface area contributed by atoms with Crippen LogP contribution in [-0.4, -0.2) is 10.2 Å². The van der Waals surface area contributed by atoms with Crippen LogP contribution in [0.5, 0.6) is 0 Å². The quantitative estimate of drug-likeness (QED) is 0.803. The highest BCUT2D eigenvalue weighted by Gasteiger charge is 2.10. The van der Waals surface area contributed by atoms with Crippen molar-refractivity contribution in [2.24, 2.45) is 0 Å². The number of rotatable bonds is 2. The highest BCUT2D eigenvalue weighted by Crippen LogP contribution is 2.14. The Balaban J connectivity index is 2.32. The Kier molecular flexibility index (Phi) is 2.59. The minimum Gasteiger partial charge on any atom is -0.414 e. The monoisotopic (exact) mass is 228 g/mol. The van der Waals surface area contributed by atoms with Crippen LogP contribution in [-0.2, 0) is 6.42 Å². The van der Waals surface area contributed by atoms with Crippen LogP contribution in [0.3, 0.4) is 0 Å². The van der Waals surface area contributed by atoms with E-state index in [1.165, 1.54) is 12.1 Å². The van der Waals surface area contributed by atoms with E-state index in [9.17, 15) is 8.78 Å². The molecule has 0 unspecified atom stereocenters. The van der Waals surface area contributed by atoms with Gasteiger partial charge in [-0.1, -0.05) is 12.1 Å². The van der Waals surface area contributed by atoms with Gasteiger partial charge in [-0.3, -0.25) is 0 Å². The van der Waals surface area contributed by atoms with Gasteiger partial charge < -0.3 is 4.42 Å². The first kappa shape index (κ1) is 9.97. The smallest absolute Gasteiger partial charge is 0.284 e. The van der Waals surface area contributed by atoms with Crippen molar-refractivity contribution in [3.63, 3.8) is 0 Å². The standard InChI is InChI=1S/C9H6F2N2OS/c10-6-3-1-2-5(8(6)11)4-7-12-13-9(15)14-7/h1-3H,4H2,(H,13,15). The molecule has 0 atom stereocenters. The zero-order valence-corrected chi connectivity index (χ0v) is 8.28. The van der Waals surface area contributed by atoms with E-state index in [2.05, 4.69) is 22.4 Å². The Morgan fingerprint density at radius 1 is 1.40 bits per heavy atom. The number of halogens is 2. The molecule has 2 aromatic rings. The lowest BCUT2D eigenvalue weighted by Crippen LogP contribution is -1.95. The van der Waals surface area contributed by atoms with Crippen LogP contribution in [0.4, 0.5) is 8.78 Å². The second-order valence-corrected chi connectivity index (χ2v) is 3.27. The number of benzene rings is 1. The second-order valence-electron chi connectivity index (χ2n) is 2.90. The zero-order chi connectivity index (χ0) is 10.8. The predicted molar refractivity (Wildman–Crippen MR) is 50.9 cm³/mol. The van der Waals surface area contributed by atoms with Gasteiger partial charge in [0.2, 0.25) is 5.89 Å². The minimum atomic E-state index is -0.887. The molecule has 0 radical (unpaired) electrons. The molecule has 1 aromatic carbocycles. The van der Waals surface area contributed by atoms with E-state index in [0.717, 1.165) is 6.07 Å². The molecule has 3 nitrogen and oxygen atoms in total. The molecule has 0 spiro atoms. The molecular weight excluding hydrogens is 222 g/mol. The Morgan fingerprint density at radius 2 is 2.20 bits per heavy atom. The molecule has 0 amide bonds. The summed E-state index contributed by atoms with van der Waals surface area (Å²) in [5.41, 5.74) is 0.181. The largest absolute Gasteiger partial charge is 0.414 e. The van der Waals surface area contributed by atoms with Crippen LogP contribution in [0, 0.1) is 16.5 Å². The zero-order valence-electron chi connectivity index (χ0n) is 7.46. The average Bonchev–Trinajstić information content (AvgIpc) is 2.59. The summed E-state index contributed by atoms with van der Waals surface area (Å²) in [7, 11) is 0. The lowest BCUT2D eigenvalue weighted by Gasteiger charge is -1.99. The van der Waals surface area contributed by atoms with Crippen LogP contribution < -0.4 is 0 Å². The lowest BCUT2D eigenvalue weighted by atomic mass is 10.1. The van der Waals surface area contributed by atoms with E-state index >= 15 is 0 Å². The molecule has 1 N–H and O–H groups in total. The number of aromatic nitrogens is 2. The summed E-state index contributed by atoms with van der Waals surface area (Å²) >= 11 is 4.66. The minimum absolute atomic E-state index is 0.0662. The lowest BCUT2D eigenvalue weighted by molar-refractivity contribution is 0.474. The van der Waals surface area contributed by atoms with Gasteiger partial charge in [0.25, 0.3) is 4.84 Å². The molecule has 0 aliphatic rings. The fraction of sp³-hybridized carbons (Fsp3) is 0.111. The molecule has 0 aliphatic carbocycles. The van der Waals surface area contributed by atoms with Gasteiger partial charge in [-0.15, -0.1) is 5.10 Å². The maximum atomic E-state index is 13.2. The maximum Gasteiger partial charge on any atom is 0.284 e. The van der Waals surface area contributed by atoms with Gasteiger partial charge in [0.15, 0.2) is 11.6 Å². The molecule has 6 heteroatoms. The van der Waals surface area contributed by atoms with E-state index < -0.39 is 11.6 Å². The van der Waals surface area contributed by atoms with Crippen molar-refractivity contribution in [2.75, 3.05) is 0 Å². The third-order valence-electron chi connectivity index (χ3n) is 1.86. The molecule has 0 aliphatic heterocycles. The van der Waals surface area contributed by atoms with E-state index in [1.54, 1.807) is 0 Å².